The number of hydrogen-bond donors (Lipinski definition) is 0. The summed E-state index contributed by atoms with van der Waals surface area (Å²) in [5, 5.41) is 9.26. The third-order valence-corrected chi connectivity index (χ3v) is 3.98. The maximum Gasteiger partial charge on any atom is 0.164 e. The van der Waals surface area contributed by atoms with Crippen molar-refractivity contribution in [2.45, 2.75) is 38.1 Å². The van der Waals surface area contributed by atoms with Crippen LogP contribution in [0.4, 0.5) is 0 Å². The van der Waals surface area contributed by atoms with E-state index in [0.29, 0.717) is 11.9 Å². The van der Waals surface area contributed by atoms with Gasteiger partial charge in [-0.3, -0.25) is 0 Å². The molecule has 0 atom stereocenters. The molecule has 0 unspecified atom stereocenters. The minimum atomic E-state index is 0.156. The maximum absolute atomic E-state index is 5.18. The van der Waals surface area contributed by atoms with Crippen LogP contribution >= 0.6 is 15.9 Å². The molecule has 0 N–H and O–H groups in total. The summed E-state index contributed by atoms with van der Waals surface area (Å²) >= 11 is 3.46. The third kappa shape index (κ3) is 3.71. The van der Waals surface area contributed by atoms with Crippen LogP contribution in [0, 0.1) is 0 Å². The first-order valence-corrected chi connectivity index (χ1v) is 8.17. The lowest BCUT2D eigenvalue weighted by Crippen LogP contribution is -2.11. The van der Waals surface area contributed by atoms with E-state index in [9.17, 15) is 0 Å². The molecule has 114 valence electrons. The highest BCUT2D eigenvalue weighted by atomic mass is 79.9. The molecule has 0 saturated heterocycles. The summed E-state index contributed by atoms with van der Waals surface area (Å²) in [4.78, 5) is 0. The number of aromatic nitrogens is 3. The van der Waals surface area contributed by atoms with Crippen LogP contribution in [0.1, 0.15) is 32.2 Å². The SMILES string of the molecule is COCCn1c(CBr)nnc1-c1ccc(C(C)(C)C)cc1. The van der Waals surface area contributed by atoms with Crippen molar-refractivity contribution in [2.24, 2.45) is 0 Å². The molecule has 2 rings (SSSR count). The molecular formula is C16H22BrN3O. The van der Waals surface area contributed by atoms with Crippen molar-refractivity contribution < 1.29 is 4.74 Å². The van der Waals surface area contributed by atoms with Crippen LogP contribution in [0.2, 0.25) is 0 Å². The Labute approximate surface area is 134 Å². The second kappa shape index (κ2) is 6.71. The number of rotatable bonds is 5. The minimum Gasteiger partial charge on any atom is -0.383 e. The molecule has 5 heteroatoms. The molecule has 0 aliphatic carbocycles. The molecule has 0 fully saturated rings. The molecule has 1 heterocycles. The highest BCUT2D eigenvalue weighted by Gasteiger charge is 2.16. The summed E-state index contributed by atoms with van der Waals surface area (Å²) in [6, 6.07) is 8.56. The topological polar surface area (TPSA) is 39.9 Å². The Balaban J connectivity index is 2.35. The second-order valence-electron chi connectivity index (χ2n) is 6.05. The lowest BCUT2D eigenvalue weighted by molar-refractivity contribution is 0.187. The van der Waals surface area contributed by atoms with E-state index in [1.807, 2.05) is 0 Å². The molecule has 0 bridgehead atoms. The number of nitrogens with zero attached hydrogens (tertiary/aromatic N) is 3. The summed E-state index contributed by atoms with van der Waals surface area (Å²) in [7, 11) is 1.70. The molecule has 1 aromatic carbocycles. The predicted octanol–water partition coefficient (Wildman–Crippen LogP) is 3.78. The average molecular weight is 352 g/mol. The van der Waals surface area contributed by atoms with Gasteiger partial charge in [0.05, 0.1) is 11.9 Å². The van der Waals surface area contributed by atoms with Crippen LogP contribution in [-0.4, -0.2) is 28.5 Å². The third-order valence-electron chi connectivity index (χ3n) is 3.48. The van der Waals surface area contributed by atoms with E-state index in [4.69, 9.17) is 4.74 Å². The number of methoxy groups -OCH3 is 1. The molecule has 1 aromatic heterocycles. The van der Waals surface area contributed by atoms with Crippen molar-refractivity contribution in [3.05, 3.63) is 35.7 Å². The molecule has 4 nitrogen and oxygen atoms in total. The normalized spacial score (nSPS) is 11.9. The van der Waals surface area contributed by atoms with E-state index in [2.05, 4.69) is 75.7 Å². The van der Waals surface area contributed by atoms with Gasteiger partial charge >= 0.3 is 0 Å². The molecule has 0 saturated carbocycles. The summed E-state index contributed by atoms with van der Waals surface area (Å²) in [6.45, 7) is 8.04. The molecule has 0 radical (unpaired) electrons. The Morgan fingerprint density at radius 3 is 2.33 bits per heavy atom. The van der Waals surface area contributed by atoms with Crippen LogP contribution in [0.3, 0.4) is 0 Å². The number of alkyl halides is 1. The lowest BCUT2D eigenvalue weighted by atomic mass is 9.87. The number of benzene rings is 1. The molecule has 0 aliphatic heterocycles. The van der Waals surface area contributed by atoms with E-state index in [1.54, 1.807) is 7.11 Å². The largest absolute Gasteiger partial charge is 0.383 e. The van der Waals surface area contributed by atoms with Crippen molar-refractivity contribution >= 4 is 15.9 Å². The number of ether oxygens (including phenoxy) is 1. The maximum atomic E-state index is 5.18. The Morgan fingerprint density at radius 1 is 1.14 bits per heavy atom. The summed E-state index contributed by atoms with van der Waals surface area (Å²) in [5.74, 6) is 1.81. The van der Waals surface area contributed by atoms with Crippen LogP contribution in [0.5, 0.6) is 0 Å². The average Bonchev–Trinajstić information content (AvgIpc) is 2.87. The van der Waals surface area contributed by atoms with Crippen LogP contribution in [0.15, 0.2) is 24.3 Å². The Kier molecular flexibility index (Phi) is 5.17. The Hall–Kier alpha value is -1.20. The Morgan fingerprint density at radius 2 is 1.81 bits per heavy atom. The summed E-state index contributed by atoms with van der Waals surface area (Å²) in [6.07, 6.45) is 0. The minimum absolute atomic E-state index is 0.156. The van der Waals surface area contributed by atoms with Gasteiger partial charge in [-0.15, -0.1) is 10.2 Å². The molecule has 0 spiro atoms. The fourth-order valence-electron chi connectivity index (χ4n) is 2.18. The van der Waals surface area contributed by atoms with Gasteiger partial charge in [0.15, 0.2) is 5.82 Å². The first-order chi connectivity index (χ1) is 9.97. The first kappa shape index (κ1) is 16.2. The first-order valence-electron chi connectivity index (χ1n) is 7.05. The zero-order chi connectivity index (χ0) is 15.5. The van der Waals surface area contributed by atoms with E-state index < -0.39 is 0 Å². The molecule has 0 amide bonds. The predicted molar refractivity (Wildman–Crippen MR) is 88.7 cm³/mol. The van der Waals surface area contributed by atoms with Gasteiger partial charge in [-0.25, -0.2) is 0 Å². The fourth-order valence-corrected chi connectivity index (χ4v) is 2.60. The van der Waals surface area contributed by atoms with Crippen molar-refractivity contribution in [3.8, 4) is 11.4 Å². The van der Waals surface area contributed by atoms with Crippen LogP contribution in [-0.2, 0) is 22.0 Å². The van der Waals surface area contributed by atoms with Gasteiger partial charge in [0.1, 0.15) is 5.82 Å². The molecule has 21 heavy (non-hydrogen) atoms. The molecule has 0 aliphatic rings. The van der Waals surface area contributed by atoms with E-state index in [0.717, 1.165) is 23.8 Å². The van der Waals surface area contributed by atoms with Gasteiger partial charge in [-0.05, 0) is 11.0 Å². The van der Waals surface area contributed by atoms with Gasteiger partial charge in [0, 0.05) is 19.2 Å². The van der Waals surface area contributed by atoms with E-state index in [1.165, 1.54) is 5.56 Å². The molecular weight excluding hydrogens is 330 g/mol. The van der Waals surface area contributed by atoms with E-state index in [-0.39, 0.29) is 5.41 Å². The van der Waals surface area contributed by atoms with Gasteiger partial charge in [-0.1, -0.05) is 61.0 Å². The summed E-state index contributed by atoms with van der Waals surface area (Å²) < 4.78 is 7.28. The van der Waals surface area contributed by atoms with Crippen molar-refractivity contribution in [1.29, 1.82) is 0 Å². The smallest absolute Gasteiger partial charge is 0.164 e. The lowest BCUT2D eigenvalue weighted by Gasteiger charge is -2.19. The molecule has 2 aromatic rings. The van der Waals surface area contributed by atoms with Crippen molar-refractivity contribution in [2.75, 3.05) is 13.7 Å². The van der Waals surface area contributed by atoms with Crippen LogP contribution < -0.4 is 0 Å². The zero-order valence-electron chi connectivity index (χ0n) is 13.1. The monoisotopic (exact) mass is 351 g/mol. The van der Waals surface area contributed by atoms with Gasteiger partial charge < -0.3 is 9.30 Å². The van der Waals surface area contributed by atoms with Crippen molar-refractivity contribution in [3.63, 3.8) is 0 Å². The Bertz CT molecular complexity index is 585. The van der Waals surface area contributed by atoms with Gasteiger partial charge in [-0.2, -0.15) is 0 Å². The van der Waals surface area contributed by atoms with Gasteiger partial charge in [0.25, 0.3) is 0 Å². The second-order valence-corrected chi connectivity index (χ2v) is 6.61. The fraction of sp³-hybridized carbons (Fsp3) is 0.500. The summed E-state index contributed by atoms with van der Waals surface area (Å²) in [5.41, 5.74) is 2.55. The zero-order valence-corrected chi connectivity index (χ0v) is 14.6. The highest BCUT2D eigenvalue weighted by molar-refractivity contribution is 9.08. The standard InChI is InChI=1S/C16H22BrN3O/c1-16(2,3)13-7-5-12(6-8-13)15-19-18-14(11-17)20(15)9-10-21-4/h5-8H,9-11H2,1-4H3. The highest BCUT2D eigenvalue weighted by Crippen LogP contribution is 2.26. The van der Waals surface area contributed by atoms with E-state index >= 15 is 0 Å². The number of hydrogen-bond acceptors (Lipinski definition) is 3. The van der Waals surface area contributed by atoms with Crippen LogP contribution in [0.25, 0.3) is 11.4 Å². The quantitative estimate of drug-likeness (QED) is 0.769. The van der Waals surface area contributed by atoms with Crippen molar-refractivity contribution in [1.82, 2.24) is 14.8 Å². The van der Waals surface area contributed by atoms with Gasteiger partial charge in [0.2, 0.25) is 0 Å². The number of halogens is 1.